The molecule has 0 atom stereocenters. The molecule has 0 spiro atoms. The summed E-state index contributed by atoms with van der Waals surface area (Å²) in [5, 5.41) is 0. The number of hydrogen-bond donors (Lipinski definition) is 1. The minimum Gasteiger partial charge on any atom is -0.370 e. The minimum absolute atomic E-state index is 0.0921. The van der Waals surface area contributed by atoms with Crippen molar-refractivity contribution in [2.24, 2.45) is 0 Å². The van der Waals surface area contributed by atoms with Crippen molar-refractivity contribution in [1.29, 1.82) is 0 Å². The predicted molar refractivity (Wildman–Crippen MR) is 66.2 cm³/mol. The second-order valence-corrected chi connectivity index (χ2v) is 4.89. The molecule has 2 aliphatic rings. The molecule has 3 rings (SSSR count). The Morgan fingerprint density at radius 2 is 1.61 bits per heavy atom. The monoisotopic (exact) mass is 250 g/mol. The minimum atomic E-state index is -0.0921. The number of quaternary nitrogens is 1. The molecule has 2 aliphatic heterocycles. The Kier molecular flexibility index (Phi) is 3.90. The van der Waals surface area contributed by atoms with Gasteiger partial charge < -0.3 is 19.1 Å². The number of morpholine rings is 1. The van der Waals surface area contributed by atoms with Crippen molar-refractivity contribution < 1.29 is 19.1 Å². The zero-order chi connectivity index (χ0) is 12.2. The average molecular weight is 250 g/mol. The summed E-state index contributed by atoms with van der Waals surface area (Å²) >= 11 is 0. The molecule has 0 aliphatic carbocycles. The molecule has 1 fully saturated rings. The summed E-state index contributed by atoms with van der Waals surface area (Å²) in [6.07, 6.45) is -0.0921. The molecular formula is C14H20NO3+. The van der Waals surface area contributed by atoms with Crippen molar-refractivity contribution in [3.05, 3.63) is 35.4 Å². The van der Waals surface area contributed by atoms with Crippen molar-refractivity contribution in [3.63, 3.8) is 0 Å². The van der Waals surface area contributed by atoms with E-state index in [1.165, 1.54) is 16.0 Å². The lowest BCUT2D eigenvalue weighted by atomic mass is 10.1. The predicted octanol–water partition coefficient (Wildman–Crippen LogP) is -0.0254. The van der Waals surface area contributed by atoms with Crippen molar-refractivity contribution in [2.45, 2.75) is 19.5 Å². The molecule has 2 heterocycles. The second kappa shape index (κ2) is 5.80. The van der Waals surface area contributed by atoms with Crippen molar-refractivity contribution in [1.82, 2.24) is 0 Å². The first kappa shape index (κ1) is 12.1. The van der Waals surface area contributed by atoms with E-state index in [0.717, 1.165) is 32.8 Å². The molecular weight excluding hydrogens is 230 g/mol. The molecule has 1 aromatic carbocycles. The molecule has 0 bridgehead atoms. The van der Waals surface area contributed by atoms with Gasteiger partial charge in [-0.15, -0.1) is 0 Å². The van der Waals surface area contributed by atoms with Crippen LogP contribution in [0.1, 0.15) is 11.1 Å². The van der Waals surface area contributed by atoms with E-state index in [0.29, 0.717) is 13.2 Å². The lowest BCUT2D eigenvalue weighted by Gasteiger charge is -2.26. The molecule has 98 valence electrons. The van der Waals surface area contributed by atoms with E-state index in [1.54, 1.807) is 0 Å². The van der Waals surface area contributed by atoms with Crippen LogP contribution < -0.4 is 4.90 Å². The molecule has 0 saturated carbocycles. The van der Waals surface area contributed by atoms with Gasteiger partial charge in [-0.2, -0.15) is 0 Å². The van der Waals surface area contributed by atoms with Gasteiger partial charge in [0.2, 0.25) is 6.29 Å². The summed E-state index contributed by atoms with van der Waals surface area (Å²) in [6.45, 7) is 6.03. The van der Waals surface area contributed by atoms with E-state index in [1.807, 2.05) is 0 Å². The third-order valence-corrected chi connectivity index (χ3v) is 3.62. The van der Waals surface area contributed by atoms with Crippen LogP contribution in [-0.2, 0) is 27.4 Å². The summed E-state index contributed by atoms with van der Waals surface area (Å²) < 4.78 is 17.1. The molecule has 18 heavy (non-hydrogen) atoms. The van der Waals surface area contributed by atoms with Crippen LogP contribution in [0.3, 0.4) is 0 Å². The van der Waals surface area contributed by atoms with Crippen molar-refractivity contribution in [2.75, 3.05) is 32.8 Å². The number of nitrogens with one attached hydrogen (secondary N) is 1. The Bertz CT molecular complexity index is 363. The first-order valence-corrected chi connectivity index (χ1v) is 6.63. The molecule has 1 saturated heterocycles. The van der Waals surface area contributed by atoms with Gasteiger partial charge in [-0.25, -0.2) is 0 Å². The van der Waals surface area contributed by atoms with Crippen LogP contribution >= 0.6 is 0 Å². The maximum atomic E-state index is 5.85. The molecule has 1 aromatic rings. The van der Waals surface area contributed by atoms with Crippen molar-refractivity contribution >= 4 is 0 Å². The molecule has 0 unspecified atom stereocenters. The second-order valence-electron chi connectivity index (χ2n) is 4.89. The lowest BCUT2D eigenvalue weighted by molar-refractivity contribution is -0.914. The number of fused-ring (bicyclic) bond motifs is 1. The fourth-order valence-corrected chi connectivity index (χ4v) is 2.47. The maximum Gasteiger partial charge on any atom is 0.208 e. The van der Waals surface area contributed by atoms with E-state index in [2.05, 4.69) is 24.3 Å². The number of hydrogen-bond acceptors (Lipinski definition) is 3. The van der Waals surface area contributed by atoms with Gasteiger partial charge in [-0.05, 0) is 11.1 Å². The van der Waals surface area contributed by atoms with Crippen LogP contribution in [0, 0.1) is 0 Å². The maximum absolute atomic E-state index is 5.85. The van der Waals surface area contributed by atoms with Gasteiger partial charge >= 0.3 is 0 Å². The zero-order valence-corrected chi connectivity index (χ0v) is 10.6. The summed E-state index contributed by atoms with van der Waals surface area (Å²) in [5.74, 6) is 0. The van der Waals surface area contributed by atoms with Crippen LogP contribution in [0.2, 0.25) is 0 Å². The summed E-state index contributed by atoms with van der Waals surface area (Å²) in [6, 6.07) is 8.33. The van der Waals surface area contributed by atoms with E-state index in [9.17, 15) is 0 Å². The first-order chi connectivity index (χ1) is 8.92. The van der Waals surface area contributed by atoms with Crippen LogP contribution in [0.25, 0.3) is 0 Å². The number of ether oxygens (including phenoxy) is 3. The highest BCUT2D eigenvalue weighted by atomic mass is 16.7. The van der Waals surface area contributed by atoms with Crippen LogP contribution in [0.4, 0.5) is 0 Å². The highest BCUT2D eigenvalue weighted by molar-refractivity contribution is 5.26. The van der Waals surface area contributed by atoms with Crippen LogP contribution in [-0.4, -0.2) is 39.1 Å². The molecule has 4 heteroatoms. The SMILES string of the molecule is c1ccc2c(c1)COC(C[NH+]1CCOCC1)OC2. The van der Waals surface area contributed by atoms with Crippen LogP contribution in [0.15, 0.2) is 24.3 Å². The highest BCUT2D eigenvalue weighted by Gasteiger charge is 2.23. The quantitative estimate of drug-likeness (QED) is 0.800. The fraction of sp³-hybridized carbons (Fsp3) is 0.571. The summed E-state index contributed by atoms with van der Waals surface area (Å²) in [4.78, 5) is 1.51. The third-order valence-electron chi connectivity index (χ3n) is 3.62. The Morgan fingerprint density at radius 1 is 1.00 bits per heavy atom. The van der Waals surface area contributed by atoms with Crippen LogP contribution in [0.5, 0.6) is 0 Å². The van der Waals surface area contributed by atoms with Crippen molar-refractivity contribution in [3.8, 4) is 0 Å². The standard InChI is InChI=1S/C14H19NO3/c1-2-4-13-11-18-14(17-10-12(13)3-1)9-15-5-7-16-8-6-15/h1-4,14H,5-11H2/p+1. The van der Waals surface area contributed by atoms with E-state index in [4.69, 9.17) is 14.2 Å². The van der Waals surface area contributed by atoms with E-state index < -0.39 is 0 Å². The third kappa shape index (κ3) is 2.90. The highest BCUT2D eigenvalue weighted by Crippen LogP contribution is 2.17. The van der Waals surface area contributed by atoms with Gasteiger partial charge in [0.15, 0.2) is 0 Å². The lowest BCUT2D eigenvalue weighted by Crippen LogP contribution is -3.15. The Hall–Kier alpha value is -0.940. The Labute approximate surface area is 107 Å². The largest absolute Gasteiger partial charge is 0.370 e. The Morgan fingerprint density at radius 3 is 2.22 bits per heavy atom. The first-order valence-electron chi connectivity index (χ1n) is 6.63. The molecule has 0 radical (unpaired) electrons. The topological polar surface area (TPSA) is 32.1 Å². The number of rotatable bonds is 2. The molecule has 0 aromatic heterocycles. The molecule has 1 N–H and O–H groups in total. The van der Waals surface area contributed by atoms with Gasteiger partial charge in [-0.1, -0.05) is 24.3 Å². The smallest absolute Gasteiger partial charge is 0.208 e. The Balaban J connectivity index is 1.57. The van der Waals surface area contributed by atoms with Gasteiger partial charge in [0.05, 0.1) is 26.4 Å². The molecule has 4 nitrogen and oxygen atoms in total. The summed E-state index contributed by atoms with van der Waals surface area (Å²) in [5.41, 5.74) is 2.49. The fourth-order valence-electron chi connectivity index (χ4n) is 2.47. The van der Waals surface area contributed by atoms with Gasteiger partial charge in [-0.3, -0.25) is 0 Å². The van der Waals surface area contributed by atoms with E-state index in [-0.39, 0.29) is 6.29 Å². The van der Waals surface area contributed by atoms with Gasteiger partial charge in [0.1, 0.15) is 19.6 Å². The average Bonchev–Trinajstić information content (AvgIpc) is 2.63. The van der Waals surface area contributed by atoms with Gasteiger partial charge in [0.25, 0.3) is 0 Å². The normalized spacial score (nSPS) is 22.4. The van der Waals surface area contributed by atoms with Gasteiger partial charge in [0, 0.05) is 0 Å². The number of benzene rings is 1. The summed E-state index contributed by atoms with van der Waals surface area (Å²) in [7, 11) is 0. The van der Waals surface area contributed by atoms with E-state index >= 15 is 0 Å². The zero-order valence-electron chi connectivity index (χ0n) is 10.6. The molecule has 0 amide bonds.